The number of aromatic amines is 1. The minimum Gasteiger partial charge on any atom is -0.325 e. The van der Waals surface area contributed by atoms with Crippen LogP contribution >= 0.6 is 11.6 Å². The molecule has 0 saturated carbocycles. The van der Waals surface area contributed by atoms with Gasteiger partial charge in [-0.3, -0.25) is 9.59 Å². The summed E-state index contributed by atoms with van der Waals surface area (Å²) in [4.78, 5) is 31.3. The second-order valence-corrected chi connectivity index (χ2v) is 5.46. The molecule has 2 aromatic carbocycles. The first-order valence-electron chi connectivity index (χ1n) is 7.17. The van der Waals surface area contributed by atoms with E-state index in [2.05, 4.69) is 15.3 Å². The molecule has 0 spiro atoms. The fourth-order valence-electron chi connectivity index (χ4n) is 2.28. The van der Waals surface area contributed by atoms with Crippen LogP contribution in [0.4, 0.5) is 5.69 Å². The van der Waals surface area contributed by atoms with Crippen LogP contribution in [0.1, 0.15) is 13.3 Å². The molecule has 1 aromatic heterocycles. The molecule has 116 valence electrons. The first-order chi connectivity index (χ1) is 11.1. The maximum Gasteiger partial charge on any atom is 0.275 e. The number of aromatic nitrogens is 2. The van der Waals surface area contributed by atoms with Gasteiger partial charge in [-0.15, -0.1) is 0 Å². The molecule has 0 aliphatic carbocycles. The van der Waals surface area contributed by atoms with Crippen molar-refractivity contribution in [1.29, 1.82) is 0 Å². The van der Waals surface area contributed by atoms with Crippen LogP contribution in [-0.4, -0.2) is 15.9 Å². The van der Waals surface area contributed by atoms with Crippen molar-refractivity contribution in [3.05, 3.63) is 57.8 Å². The van der Waals surface area contributed by atoms with Crippen molar-refractivity contribution in [2.24, 2.45) is 0 Å². The molecule has 0 bridgehead atoms. The van der Waals surface area contributed by atoms with Crippen molar-refractivity contribution in [1.82, 2.24) is 9.97 Å². The zero-order valence-electron chi connectivity index (χ0n) is 12.4. The molecule has 0 radical (unpaired) electrons. The van der Waals surface area contributed by atoms with Gasteiger partial charge in [0.1, 0.15) is 5.69 Å². The van der Waals surface area contributed by atoms with E-state index in [1.807, 2.05) is 18.2 Å². The summed E-state index contributed by atoms with van der Waals surface area (Å²) in [7, 11) is 0. The summed E-state index contributed by atoms with van der Waals surface area (Å²) in [5.41, 5.74) is 2.25. The minimum absolute atomic E-state index is 0.161. The van der Waals surface area contributed by atoms with Gasteiger partial charge in [0.05, 0.1) is 16.7 Å². The zero-order valence-corrected chi connectivity index (χ0v) is 13.1. The molecule has 5 nitrogen and oxygen atoms in total. The van der Waals surface area contributed by atoms with E-state index in [9.17, 15) is 9.59 Å². The number of benzene rings is 2. The number of amides is 1. The Balaban J connectivity index is 2.20. The van der Waals surface area contributed by atoms with Crippen molar-refractivity contribution < 1.29 is 4.79 Å². The molecule has 0 saturated heterocycles. The third-order valence-electron chi connectivity index (χ3n) is 3.43. The van der Waals surface area contributed by atoms with Gasteiger partial charge in [0, 0.05) is 17.0 Å². The molecule has 2 N–H and O–H groups in total. The number of anilines is 1. The van der Waals surface area contributed by atoms with Gasteiger partial charge in [-0.25, -0.2) is 4.98 Å². The number of H-pyrrole nitrogens is 1. The molecule has 3 aromatic rings. The van der Waals surface area contributed by atoms with Crippen molar-refractivity contribution in [2.45, 2.75) is 13.3 Å². The third kappa shape index (κ3) is 3.10. The Hall–Kier alpha value is -2.66. The number of hydrogen-bond donors (Lipinski definition) is 2. The number of carbonyl (C=O) groups excluding carboxylic acids is 1. The fourth-order valence-corrected chi connectivity index (χ4v) is 2.45. The van der Waals surface area contributed by atoms with Gasteiger partial charge in [0.15, 0.2) is 0 Å². The summed E-state index contributed by atoms with van der Waals surface area (Å²) in [6, 6.07) is 12.2. The summed E-state index contributed by atoms with van der Waals surface area (Å²) >= 11 is 6.01. The lowest BCUT2D eigenvalue weighted by molar-refractivity contribution is -0.115. The van der Waals surface area contributed by atoms with Crippen LogP contribution in [0, 0.1) is 0 Å². The first kappa shape index (κ1) is 15.2. The highest BCUT2D eigenvalue weighted by Gasteiger charge is 2.14. The van der Waals surface area contributed by atoms with E-state index in [1.54, 1.807) is 31.2 Å². The van der Waals surface area contributed by atoms with Gasteiger partial charge in [-0.1, -0.05) is 30.7 Å². The monoisotopic (exact) mass is 327 g/mol. The SMILES string of the molecule is CCC(=O)Nc1cc(Cl)ccc1-c1nc2ccccc2[nH]c1=O. The quantitative estimate of drug-likeness (QED) is 0.772. The molecular weight excluding hydrogens is 314 g/mol. The summed E-state index contributed by atoms with van der Waals surface area (Å²) < 4.78 is 0. The second-order valence-electron chi connectivity index (χ2n) is 5.02. The summed E-state index contributed by atoms with van der Waals surface area (Å²) in [6.07, 6.45) is 0.327. The zero-order chi connectivity index (χ0) is 16.4. The molecule has 1 amide bonds. The van der Waals surface area contributed by atoms with Crippen molar-refractivity contribution in [3.8, 4) is 11.3 Å². The number of hydrogen-bond acceptors (Lipinski definition) is 3. The van der Waals surface area contributed by atoms with Crippen LogP contribution in [0.5, 0.6) is 0 Å². The van der Waals surface area contributed by atoms with E-state index in [0.29, 0.717) is 33.7 Å². The Labute approximate surface area is 137 Å². The molecule has 23 heavy (non-hydrogen) atoms. The van der Waals surface area contributed by atoms with Crippen LogP contribution in [0.2, 0.25) is 5.02 Å². The van der Waals surface area contributed by atoms with Crippen LogP contribution in [0.25, 0.3) is 22.3 Å². The van der Waals surface area contributed by atoms with Crippen molar-refractivity contribution in [2.75, 3.05) is 5.32 Å². The van der Waals surface area contributed by atoms with Gasteiger partial charge in [0.2, 0.25) is 5.91 Å². The maximum atomic E-state index is 12.4. The highest BCUT2D eigenvalue weighted by molar-refractivity contribution is 6.31. The molecule has 1 heterocycles. The molecule has 6 heteroatoms. The van der Waals surface area contributed by atoms with Crippen LogP contribution in [-0.2, 0) is 4.79 Å². The minimum atomic E-state index is -0.321. The van der Waals surface area contributed by atoms with E-state index < -0.39 is 0 Å². The van der Waals surface area contributed by atoms with Crippen molar-refractivity contribution >= 4 is 34.2 Å². The summed E-state index contributed by atoms with van der Waals surface area (Å²) in [6.45, 7) is 1.75. The topological polar surface area (TPSA) is 74.8 Å². The number of para-hydroxylation sites is 2. The standard InChI is InChI=1S/C17H14ClN3O2/c1-2-15(22)19-14-9-10(18)7-8-11(14)16-17(23)21-13-6-4-3-5-12(13)20-16/h3-9H,2H2,1H3,(H,19,22)(H,21,23). The number of nitrogens with zero attached hydrogens (tertiary/aromatic N) is 1. The number of rotatable bonds is 3. The molecule has 0 aliphatic rings. The third-order valence-corrected chi connectivity index (χ3v) is 3.67. The normalized spacial score (nSPS) is 10.7. The molecule has 0 aliphatic heterocycles. The van der Waals surface area contributed by atoms with Gasteiger partial charge >= 0.3 is 0 Å². The first-order valence-corrected chi connectivity index (χ1v) is 7.55. The predicted octanol–water partition coefficient (Wildman–Crippen LogP) is 3.59. The molecule has 0 fully saturated rings. The van der Waals surface area contributed by atoms with E-state index >= 15 is 0 Å². The highest BCUT2D eigenvalue weighted by atomic mass is 35.5. The Kier molecular flexibility index (Phi) is 4.12. The average molecular weight is 328 g/mol. The lowest BCUT2D eigenvalue weighted by Crippen LogP contribution is -2.15. The van der Waals surface area contributed by atoms with E-state index in [4.69, 9.17) is 11.6 Å². The average Bonchev–Trinajstić information content (AvgIpc) is 2.54. The molecule has 0 atom stereocenters. The second kappa shape index (κ2) is 6.22. The molecule has 3 rings (SSSR count). The number of fused-ring (bicyclic) bond motifs is 1. The fraction of sp³-hybridized carbons (Fsp3) is 0.118. The van der Waals surface area contributed by atoms with Gasteiger partial charge < -0.3 is 10.3 Å². The van der Waals surface area contributed by atoms with Crippen LogP contribution in [0.3, 0.4) is 0 Å². The molecule has 0 unspecified atom stereocenters. The van der Waals surface area contributed by atoms with E-state index in [1.165, 1.54) is 0 Å². The van der Waals surface area contributed by atoms with Gasteiger partial charge in [-0.2, -0.15) is 0 Å². The predicted molar refractivity (Wildman–Crippen MR) is 91.7 cm³/mol. The Bertz CT molecular complexity index is 950. The molecular formula is C17H14ClN3O2. The number of nitrogens with one attached hydrogen (secondary N) is 2. The maximum absolute atomic E-state index is 12.4. The highest BCUT2D eigenvalue weighted by Crippen LogP contribution is 2.28. The van der Waals surface area contributed by atoms with Gasteiger partial charge in [0.25, 0.3) is 5.56 Å². The van der Waals surface area contributed by atoms with E-state index in [0.717, 1.165) is 0 Å². The van der Waals surface area contributed by atoms with Crippen LogP contribution in [0.15, 0.2) is 47.3 Å². The summed E-state index contributed by atoms with van der Waals surface area (Å²) in [5.74, 6) is -0.161. The summed E-state index contributed by atoms with van der Waals surface area (Å²) in [5, 5.41) is 3.23. The van der Waals surface area contributed by atoms with Crippen LogP contribution < -0.4 is 10.9 Å². The Morgan fingerprint density at radius 2 is 2.04 bits per heavy atom. The van der Waals surface area contributed by atoms with Gasteiger partial charge in [-0.05, 0) is 30.3 Å². The largest absolute Gasteiger partial charge is 0.325 e. The lowest BCUT2D eigenvalue weighted by atomic mass is 10.1. The lowest BCUT2D eigenvalue weighted by Gasteiger charge is -2.11. The number of halogens is 1. The Morgan fingerprint density at radius 3 is 2.83 bits per heavy atom. The van der Waals surface area contributed by atoms with E-state index in [-0.39, 0.29) is 17.2 Å². The Morgan fingerprint density at radius 1 is 1.26 bits per heavy atom. The smallest absolute Gasteiger partial charge is 0.275 e. The number of carbonyl (C=O) groups is 1. The van der Waals surface area contributed by atoms with Crippen molar-refractivity contribution in [3.63, 3.8) is 0 Å².